The first-order chi connectivity index (χ1) is 11.1. The van der Waals surface area contributed by atoms with Crippen LogP contribution >= 0.6 is 11.3 Å². The molecular formula is C18H17N3OS. The number of thiazole rings is 1. The third kappa shape index (κ3) is 3.96. The highest BCUT2D eigenvalue weighted by molar-refractivity contribution is 7.14. The van der Waals surface area contributed by atoms with E-state index in [4.69, 9.17) is 0 Å². The molecule has 0 unspecified atom stereocenters. The maximum atomic E-state index is 11.0. The average Bonchev–Trinajstić information content (AvgIpc) is 2.97. The molecule has 0 aliphatic carbocycles. The zero-order valence-electron chi connectivity index (χ0n) is 13.0. The Bertz CT molecular complexity index is 824. The summed E-state index contributed by atoms with van der Waals surface area (Å²) in [4.78, 5) is 15.6. The zero-order valence-corrected chi connectivity index (χ0v) is 13.8. The number of anilines is 3. The van der Waals surface area contributed by atoms with E-state index in [2.05, 4.69) is 40.7 Å². The van der Waals surface area contributed by atoms with Gasteiger partial charge in [0.15, 0.2) is 5.13 Å². The number of nitrogens with zero attached hydrogens (tertiary/aromatic N) is 1. The monoisotopic (exact) mass is 323 g/mol. The second kappa shape index (κ2) is 6.62. The van der Waals surface area contributed by atoms with E-state index in [1.54, 1.807) is 11.3 Å². The van der Waals surface area contributed by atoms with Crippen LogP contribution < -0.4 is 10.6 Å². The van der Waals surface area contributed by atoms with Crippen molar-refractivity contribution in [2.24, 2.45) is 0 Å². The lowest BCUT2D eigenvalue weighted by atomic mass is 10.1. The molecule has 0 aliphatic rings. The fourth-order valence-corrected chi connectivity index (χ4v) is 2.97. The van der Waals surface area contributed by atoms with Gasteiger partial charge in [0.25, 0.3) is 0 Å². The maximum Gasteiger partial charge on any atom is 0.221 e. The van der Waals surface area contributed by atoms with Gasteiger partial charge in [0, 0.05) is 29.2 Å². The normalized spacial score (nSPS) is 10.3. The Kier molecular flexibility index (Phi) is 4.39. The molecule has 0 bridgehead atoms. The molecule has 23 heavy (non-hydrogen) atoms. The van der Waals surface area contributed by atoms with E-state index in [1.807, 2.05) is 35.7 Å². The predicted molar refractivity (Wildman–Crippen MR) is 96.3 cm³/mol. The molecule has 4 nitrogen and oxygen atoms in total. The van der Waals surface area contributed by atoms with Crippen LogP contribution in [-0.4, -0.2) is 10.9 Å². The maximum absolute atomic E-state index is 11.0. The van der Waals surface area contributed by atoms with Gasteiger partial charge >= 0.3 is 0 Å². The standard InChI is InChI=1S/C18H17N3OS/c1-12-4-3-5-14(10-12)17-11-23-18(21-17)20-16-8-6-15(7-9-16)19-13(2)22/h3-11H,1-2H3,(H,19,22)(H,20,21). The lowest BCUT2D eigenvalue weighted by molar-refractivity contribution is -0.114. The van der Waals surface area contributed by atoms with Crippen molar-refractivity contribution in [2.45, 2.75) is 13.8 Å². The number of aryl methyl sites for hydroxylation is 1. The minimum Gasteiger partial charge on any atom is -0.332 e. The molecule has 0 saturated heterocycles. The van der Waals surface area contributed by atoms with Crippen molar-refractivity contribution in [2.75, 3.05) is 10.6 Å². The summed E-state index contributed by atoms with van der Waals surface area (Å²) in [7, 11) is 0. The Balaban J connectivity index is 1.73. The minimum atomic E-state index is -0.0755. The molecule has 2 N–H and O–H groups in total. The summed E-state index contributed by atoms with van der Waals surface area (Å²) in [5.41, 5.74) is 5.02. The molecule has 0 spiro atoms. The van der Waals surface area contributed by atoms with E-state index in [1.165, 1.54) is 12.5 Å². The number of carbonyl (C=O) groups excluding carboxylic acids is 1. The summed E-state index contributed by atoms with van der Waals surface area (Å²) < 4.78 is 0. The summed E-state index contributed by atoms with van der Waals surface area (Å²) in [6.45, 7) is 3.57. The van der Waals surface area contributed by atoms with E-state index in [-0.39, 0.29) is 5.91 Å². The molecule has 0 aliphatic heterocycles. The minimum absolute atomic E-state index is 0.0755. The second-order valence-electron chi connectivity index (χ2n) is 5.29. The molecule has 2 aromatic carbocycles. The summed E-state index contributed by atoms with van der Waals surface area (Å²) in [5, 5.41) is 8.92. The quantitative estimate of drug-likeness (QED) is 0.723. The van der Waals surface area contributed by atoms with E-state index in [0.717, 1.165) is 27.8 Å². The molecule has 1 heterocycles. The van der Waals surface area contributed by atoms with Crippen molar-refractivity contribution in [3.8, 4) is 11.3 Å². The Morgan fingerprint density at radius 2 is 1.83 bits per heavy atom. The van der Waals surface area contributed by atoms with E-state index in [0.29, 0.717) is 0 Å². The summed E-state index contributed by atoms with van der Waals surface area (Å²) >= 11 is 1.57. The number of nitrogens with one attached hydrogen (secondary N) is 2. The molecule has 116 valence electrons. The first kappa shape index (κ1) is 15.2. The summed E-state index contributed by atoms with van der Waals surface area (Å²) in [5.74, 6) is -0.0755. The second-order valence-corrected chi connectivity index (χ2v) is 6.15. The number of benzene rings is 2. The third-order valence-corrected chi connectivity index (χ3v) is 4.03. The smallest absolute Gasteiger partial charge is 0.221 e. The fourth-order valence-electron chi connectivity index (χ4n) is 2.23. The Labute approximate surface area is 139 Å². The number of rotatable bonds is 4. The summed E-state index contributed by atoms with van der Waals surface area (Å²) in [6.07, 6.45) is 0. The Morgan fingerprint density at radius 3 is 2.52 bits per heavy atom. The van der Waals surface area contributed by atoms with Crippen LogP contribution in [0.25, 0.3) is 11.3 Å². The van der Waals surface area contributed by atoms with E-state index in [9.17, 15) is 4.79 Å². The van der Waals surface area contributed by atoms with Crippen LogP contribution in [0.1, 0.15) is 12.5 Å². The van der Waals surface area contributed by atoms with Gasteiger partial charge in [0.1, 0.15) is 0 Å². The van der Waals surface area contributed by atoms with Crippen LogP contribution in [0.15, 0.2) is 53.9 Å². The van der Waals surface area contributed by atoms with Gasteiger partial charge in [0.05, 0.1) is 5.69 Å². The molecule has 0 atom stereocenters. The molecular weight excluding hydrogens is 306 g/mol. The highest BCUT2D eigenvalue weighted by atomic mass is 32.1. The molecule has 0 saturated carbocycles. The Morgan fingerprint density at radius 1 is 1.09 bits per heavy atom. The van der Waals surface area contributed by atoms with Crippen LogP contribution in [0.2, 0.25) is 0 Å². The molecule has 3 aromatic rings. The van der Waals surface area contributed by atoms with Gasteiger partial charge in [-0.25, -0.2) is 4.98 Å². The lowest BCUT2D eigenvalue weighted by Crippen LogP contribution is -2.05. The van der Waals surface area contributed by atoms with Crippen molar-refractivity contribution < 1.29 is 4.79 Å². The van der Waals surface area contributed by atoms with Crippen molar-refractivity contribution >= 4 is 33.8 Å². The van der Waals surface area contributed by atoms with Gasteiger partial charge in [-0.15, -0.1) is 11.3 Å². The van der Waals surface area contributed by atoms with Gasteiger partial charge in [-0.3, -0.25) is 4.79 Å². The largest absolute Gasteiger partial charge is 0.332 e. The van der Waals surface area contributed by atoms with Crippen LogP contribution in [-0.2, 0) is 4.79 Å². The van der Waals surface area contributed by atoms with E-state index < -0.39 is 0 Å². The highest BCUT2D eigenvalue weighted by Gasteiger charge is 2.05. The van der Waals surface area contributed by atoms with E-state index >= 15 is 0 Å². The van der Waals surface area contributed by atoms with Crippen molar-refractivity contribution in [1.82, 2.24) is 4.98 Å². The van der Waals surface area contributed by atoms with Crippen molar-refractivity contribution in [1.29, 1.82) is 0 Å². The molecule has 3 rings (SSSR count). The van der Waals surface area contributed by atoms with Gasteiger partial charge in [-0.05, 0) is 37.3 Å². The van der Waals surface area contributed by atoms with Crippen molar-refractivity contribution in [3.63, 3.8) is 0 Å². The SMILES string of the molecule is CC(=O)Nc1ccc(Nc2nc(-c3cccc(C)c3)cs2)cc1. The number of hydrogen-bond donors (Lipinski definition) is 2. The number of aromatic nitrogens is 1. The Hall–Kier alpha value is -2.66. The fraction of sp³-hybridized carbons (Fsp3) is 0.111. The average molecular weight is 323 g/mol. The third-order valence-electron chi connectivity index (χ3n) is 3.27. The van der Waals surface area contributed by atoms with Gasteiger partial charge < -0.3 is 10.6 Å². The van der Waals surface area contributed by atoms with Crippen LogP contribution in [0.4, 0.5) is 16.5 Å². The number of carbonyl (C=O) groups is 1. The first-order valence-electron chi connectivity index (χ1n) is 7.27. The zero-order chi connectivity index (χ0) is 16.2. The summed E-state index contributed by atoms with van der Waals surface area (Å²) in [6, 6.07) is 15.9. The number of amides is 1. The number of hydrogen-bond acceptors (Lipinski definition) is 4. The van der Waals surface area contributed by atoms with Gasteiger partial charge in [-0.1, -0.05) is 23.8 Å². The first-order valence-corrected chi connectivity index (χ1v) is 8.15. The highest BCUT2D eigenvalue weighted by Crippen LogP contribution is 2.28. The lowest BCUT2D eigenvalue weighted by Gasteiger charge is -2.05. The van der Waals surface area contributed by atoms with Crippen LogP contribution in [0.5, 0.6) is 0 Å². The molecule has 0 fully saturated rings. The van der Waals surface area contributed by atoms with Gasteiger partial charge in [0.2, 0.25) is 5.91 Å². The van der Waals surface area contributed by atoms with Crippen LogP contribution in [0, 0.1) is 6.92 Å². The van der Waals surface area contributed by atoms with Crippen LogP contribution in [0.3, 0.4) is 0 Å². The molecule has 1 amide bonds. The molecule has 1 aromatic heterocycles. The predicted octanol–water partition coefficient (Wildman–Crippen LogP) is 4.82. The molecule has 0 radical (unpaired) electrons. The molecule has 5 heteroatoms. The van der Waals surface area contributed by atoms with Gasteiger partial charge in [-0.2, -0.15) is 0 Å². The van der Waals surface area contributed by atoms with Crippen molar-refractivity contribution in [3.05, 3.63) is 59.5 Å². The topological polar surface area (TPSA) is 54.0 Å².